The molecule has 3 rings (SSSR count). The van der Waals surface area contributed by atoms with Crippen molar-refractivity contribution in [2.75, 3.05) is 6.61 Å². The Morgan fingerprint density at radius 2 is 1.92 bits per heavy atom. The summed E-state index contributed by atoms with van der Waals surface area (Å²) in [6.07, 6.45) is 0. The van der Waals surface area contributed by atoms with Crippen LogP contribution in [-0.4, -0.2) is 17.1 Å². The lowest BCUT2D eigenvalue weighted by molar-refractivity contribution is 0.0515. The molecule has 3 aromatic rings. The van der Waals surface area contributed by atoms with Gasteiger partial charge in [0, 0.05) is 16.4 Å². The summed E-state index contributed by atoms with van der Waals surface area (Å²) in [5, 5.41) is 1.97. The van der Waals surface area contributed by atoms with Crippen molar-refractivity contribution in [3.8, 4) is 0 Å². The Kier molecular flexibility index (Phi) is 5.18. The van der Waals surface area contributed by atoms with Crippen LogP contribution >= 0.6 is 39.1 Å². The molecule has 6 heteroatoms. The van der Waals surface area contributed by atoms with E-state index in [1.165, 1.54) is 0 Å². The SMILES string of the molecule is CCOC(=O)c1cc2ccc(Br)cc2n1Cc1ccc(Cl)c(Cl)c1. The fraction of sp³-hybridized carbons (Fsp3) is 0.167. The van der Waals surface area contributed by atoms with Gasteiger partial charge in [0.1, 0.15) is 5.69 Å². The second-order valence-electron chi connectivity index (χ2n) is 5.29. The van der Waals surface area contributed by atoms with Crippen LogP contribution in [0.1, 0.15) is 23.0 Å². The highest BCUT2D eigenvalue weighted by Crippen LogP contribution is 2.27. The van der Waals surface area contributed by atoms with E-state index in [0.717, 1.165) is 20.9 Å². The predicted molar refractivity (Wildman–Crippen MR) is 101 cm³/mol. The molecule has 0 aliphatic carbocycles. The molecule has 1 heterocycles. The lowest BCUT2D eigenvalue weighted by Gasteiger charge is -2.11. The highest BCUT2D eigenvalue weighted by atomic mass is 79.9. The summed E-state index contributed by atoms with van der Waals surface area (Å²) in [6.45, 7) is 2.61. The summed E-state index contributed by atoms with van der Waals surface area (Å²) in [7, 11) is 0. The molecule has 2 aromatic carbocycles. The van der Waals surface area contributed by atoms with Crippen LogP contribution in [-0.2, 0) is 11.3 Å². The molecule has 0 spiro atoms. The van der Waals surface area contributed by atoms with Crippen LogP contribution in [0, 0.1) is 0 Å². The second-order valence-corrected chi connectivity index (χ2v) is 7.02. The molecule has 0 saturated heterocycles. The van der Waals surface area contributed by atoms with E-state index in [2.05, 4.69) is 15.9 Å². The first-order valence-corrected chi connectivity index (χ1v) is 8.94. The Morgan fingerprint density at radius 3 is 2.62 bits per heavy atom. The van der Waals surface area contributed by atoms with Crippen molar-refractivity contribution in [3.05, 3.63) is 68.2 Å². The van der Waals surface area contributed by atoms with Crippen molar-refractivity contribution in [2.45, 2.75) is 13.5 Å². The van der Waals surface area contributed by atoms with Crippen LogP contribution in [0.25, 0.3) is 10.9 Å². The zero-order chi connectivity index (χ0) is 17.3. The standard InChI is InChI=1S/C18H14BrCl2NO2/c1-2-24-18(23)17-8-12-4-5-13(19)9-16(12)22(17)10-11-3-6-14(20)15(21)7-11/h3-9H,2,10H2,1H3. The molecule has 0 N–H and O–H groups in total. The molecule has 3 nitrogen and oxygen atoms in total. The first-order chi connectivity index (χ1) is 11.5. The molecule has 0 aliphatic rings. The number of ether oxygens (including phenoxy) is 1. The fourth-order valence-corrected chi connectivity index (χ4v) is 3.26. The number of aromatic nitrogens is 1. The number of benzene rings is 2. The molecule has 0 amide bonds. The normalized spacial score (nSPS) is 11.0. The Bertz CT molecular complexity index is 921. The van der Waals surface area contributed by atoms with E-state index >= 15 is 0 Å². The minimum absolute atomic E-state index is 0.330. The number of fused-ring (bicyclic) bond motifs is 1. The minimum atomic E-state index is -0.343. The van der Waals surface area contributed by atoms with E-state index in [4.69, 9.17) is 27.9 Å². The molecule has 124 valence electrons. The van der Waals surface area contributed by atoms with Gasteiger partial charge in [0.25, 0.3) is 0 Å². The molecular weight excluding hydrogens is 413 g/mol. The Labute approximate surface area is 158 Å². The van der Waals surface area contributed by atoms with Crippen LogP contribution in [0.3, 0.4) is 0 Å². The number of carbonyl (C=O) groups excluding carboxylic acids is 1. The third-order valence-electron chi connectivity index (χ3n) is 3.68. The van der Waals surface area contributed by atoms with Crippen LogP contribution in [0.15, 0.2) is 46.9 Å². The summed E-state index contributed by atoms with van der Waals surface area (Å²) >= 11 is 15.6. The van der Waals surface area contributed by atoms with E-state index in [0.29, 0.717) is 28.9 Å². The van der Waals surface area contributed by atoms with Crippen LogP contribution in [0.5, 0.6) is 0 Å². The third-order valence-corrected chi connectivity index (χ3v) is 4.91. The smallest absolute Gasteiger partial charge is 0.354 e. The van der Waals surface area contributed by atoms with Crippen molar-refractivity contribution in [1.29, 1.82) is 0 Å². The highest BCUT2D eigenvalue weighted by Gasteiger charge is 2.17. The van der Waals surface area contributed by atoms with Crippen molar-refractivity contribution in [1.82, 2.24) is 4.57 Å². The fourth-order valence-electron chi connectivity index (χ4n) is 2.59. The molecule has 0 atom stereocenters. The number of rotatable bonds is 4. The van der Waals surface area contributed by atoms with Crippen molar-refractivity contribution in [3.63, 3.8) is 0 Å². The number of esters is 1. The topological polar surface area (TPSA) is 31.2 Å². The van der Waals surface area contributed by atoms with Gasteiger partial charge in [-0.1, -0.05) is 51.3 Å². The van der Waals surface area contributed by atoms with Crippen molar-refractivity contribution < 1.29 is 9.53 Å². The summed E-state index contributed by atoms with van der Waals surface area (Å²) in [5.41, 5.74) is 2.40. The Morgan fingerprint density at radius 1 is 1.12 bits per heavy atom. The van der Waals surface area contributed by atoms with E-state index in [9.17, 15) is 4.79 Å². The number of hydrogen-bond donors (Lipinski definition) is 0. The zero-order valence-electron chi connectivity index (χ0n) is 12.9. The molecular formula is C18H14BrCl2NO2. The number of hydrogen-bond acceptors (Lipinski definition) is 2. The van der Waals surface area contributed by atoms with E-state index in [-0.39, 0.29) is 5.97 Å². The van der Waals surface area contributed by atoms with E-state index in [1.54, 1.807) is 13.0 Å². The van der Waals surface area contributed by atoms with Gasteiger partial charge < -0.3 is 9.30 Å². The van der Waals surface area contributed by atoms with Crippen LogP contribution < -0.4 is 0 Å². The second kappa shape index (κ2) is 7.18. The molecule has 0 saturated carbocycles. The monoisotopic (exact) mass is 425 g/mol. The van der Waals surface area contributed by atoms with Gasteiger partial charge in [-0.15, -0.1) is 0 Å². The lowest BCUT2D eigenvalue weighted by Crippen LogP contribution is -2.12. The summed E-state index contributed by atoms with van der Waals surface area (Å²) in [5.74, 6) is -0.343. The number of halogens is 3. The number of nitrogens with zero attached hydrogens (tertiary/aromatic N) is 1. The minimum Gasteiger partial charge on any atom is -0.461 e. The Balaban J connectivity index is 2.12. The first kappa shape index (κ1) is 17.3. The largest absolute Gasteiger partial charge is 0.461 e. The number of carbonyl (C=O) groups is 1. The Hall–Kier alpha value is -1.49. The first-order valence-electron chi connectivity index (χ1n) is 7.39. The average Bonchev–Trinajstić information content (AvgIpc) is 2.89. The summed E-state index contributed by atoms with van der Waals surface area (Å²) in [4.78, 5) is 12.3. The van der Waals surface area contributed by atoms with Crippen molar-refractivity contribution >= 4 is 56.0 Å². The average molecular weight is 427 g/mol. The van der Waals surface area contributed by atoms with Crippen molar-refractivity contribution in [2.24, 2.45) is 0 Å². The molecule has 0 fully saturated rings. The summed E-state index contributed by atoms with van der Waals surface area (Å²) < 4.78 is 8.06. The maximum atomic E-state index is 12.3. The van der Waals surface area contributed by atoms with E-state index in [1.807, 2.05) is 41.0 Å². The van der Waals surface area contributed by atoms with Gasteiger partial charge in [0.15, 0.2) is 0 Å². The van der Waals surface area contributed by atoms with Gasteiger partial charge in [-0.25, -0.2) is 4.79 Å². The van der Waals surface area contributed by atoms with Gasteiger partial charge in [-0.3, -0.25) is 0 Å². The van der Waals surface area contributed by atoms with Gasteiger partial charge >= 0.3 is 5.97 Å². The molecule has 0 unspecified atom stereocenters. The van der Waals surface area contributed by atoms with Gasteiger partial charge in [-0.05, 0) is 42.8 Å². The zero-order valence-corrected chi connectivity index (χ0v) is 16.0. The van der Waals surface area contributed by atoms with Gasteiger partial charge in [0.2, 0.25) is 0 Å². The highest BCUT2D eigenvalue weighted by molar-refractivity contribution is 9.10. The quantitative estimate of drug-likeness (QED) is 0.483. The lowest BCUT2D eigenvalue weighted by atomic mass is 10.2. The maximum Gasteiger partial charge on any atom is 0.354 e. The van der Waals surface area contributed by atoms with Crippen LogP contribution in [0.2, 0.25) is 10.0 Å². The van der Waals surface area contributed by atoms with Gasteiger partial charge in [-0.2, -0.15) is 0 Å². The molecule has 0 radical (unpaired) electrons. The predicted octanol–water partition coefficient (Wildman–Crippen LogP) is 5.94. The van der Waals surface area contributed by atoms with Gasteiger partial charge in [0.05, 0.1) is 22.2 Å². The van der Waals surface area contributed by atoms with E-state index < -0.39 is 0 Å². The third kappa shape index (κ3) is 3.46. The molecule has 0 aliphatic heterocycles. The maximum absolute atomic E-state index is 12.3. The van der Waals surface area contributed by atoms with Crippen LogP contribution in [0.4, 0.5) is 0 Å². The molecule has 1 aromatic heterocycles. The summed E-state index contributed by atoms with van der Waals surface area (Å²) in [6, 6.07) is 13.2. The molecule has 24 heavy (non-hydrogen) atoms. The molecule has 0 bridgehead atoms.